The zero-order valence-electron chi connectivity index (χ0n) is 8.18. The maximum absolute atomic E-state index is 11.4. The van der Waals surface area contributed by atoms with Crippen molar-refractivity contribution in [2.75, 3.05) is 11.5 Å². The van der Waals surface area contributed by atoms with E-state index in [-0.39, 0.29) is 11.8 Å². The third-order valence-electron chi connectivity index (χ3n) is 2.65. The molecule has 0 aliphatic carbocycles. The summed E-state index contributed by atoms with van der Waals surface area (Å²) in [6.07, 6.45) is 3.39. The molecule has 1 aliphatic rings. The lowest BCUT2D eigenvalue weighted by atomic mass is 10.2. The number of nitrogens with zero attached hydrogens (tertiary/aromatic N) is 2. The minimum atomic E-state index is -2.84. The third-order valence-corrected chi connectivity index (χ3v) is 4.46. The van der Waals surface area contributed by atoms with Gasteiger partial charge >= 0.3 is 0 Å². The molecule has 0 N–H and O–H groups in total. The summed E-state index contributed by atoms with van der Waals surface area (Å²) in [6.45, 7) is 1.95. The molecular formula is C9H14N2O2S. The summed E-state index contributed by atoms with van der Waals surface area (Å²) in [6, 6.07) is 1.95. The first kappa shape index (κ1) is 9.71. The molecule has 0 spiro atoms. The molecule has 2 heterocycles. The van der Waals surface area contributed by atoms with Gasteiger partial charge < -0.3 is 0 Å². The molecule has 0 radical (unpaired) electrons. The molecule has 0 aromatic carbocycles. The highest BCUT2D eigenvalue weighted by molar-refractivity contribution is 7.91. The minimum absolute atomic E-state index is 0.0451. The largest absolute Gasteiger partial charge is 0.266 e. The summed E-state index contributed by atoms with van der Waals surface area (Å²) < 4.78 is 24.7. The highest BCUT2D eigenvalue weighted by atomic mass is 32.2. The number of rotatable bonds is 1. The van der Waals surface area contributed by atoms with E-state index in [1.165, 1.54) is 0 Å². The van der Waals surface area contributed by atoms with E-state index < -0.39 is 9.84 Å². The molecule has 78 valence electrons. The van der Waals surface area contributed by atoms with Gasteiger partial charge in [-0.2, -0.15) is 5.10 Å². The summed E-state index contributed by atoms with van der Waals surface area (Å²) in [7, 11) is -2.84. The van der Waals surface area contributed by atoms with Crippen molar-refractivity contribution >= 4 is 9.84 Å². The Labute approximate surface area is 83.8 Å². The topological polar surface area (TPSA) is 52.0 Å². The van der Waals surface area contributed by atoms with Crippen molar-refractivity contribution in [2.24, 2.45) is 0 Å². The van der Waals surface area contributed by atoms with Gasteiger partial charge in [-0.1, -0.05) is 0 Å². The number of hydrogen-bond acceptors (Lipinski definition) is 3. The Morgan fingerprint density at radius 1 is 1.57 bits per heavy atom. The lowest BCUT2D eigenvalue weighted by molar-refractivity contribution is 0.428. The maximum atomic E-state index is 11.4. The standard InChI is InChI=1S/C9H14N2O2S/c1-8-4-5-10-11(8)9-3-2-6-14(12,13)7-9/h4-5,9H,2-3,6-7H2,1H3. The summed E-state index contributed by atoms with van der Waals surface area (Å²) in [4.78, 5) is 0. The molecule has 2 rings (SSSR count). The molecule has 1 aliphatic heterocycles. The Hall–Kier alpha value is -0.840. The van der Waals surface area contributed by atoms with Crippen LogP contribution in [0.25, 0.3) is 0 Å². The van der Waals surface area contributed by atoms with E-state index in [4.69, 9.17) is 0 Å². The molecule has 1 unspecified atom stereocenters. The van der Waals surface area contributed by atoms with Gasteiger partial charge in [-0.05, 0) is 25.8 Å². The van der Waals surface area contributed by atoms with Crippen LogP contribution in [0.2, 0.25) is 0 Å². The van der Waals surface area contributed by atoms with Gasteiger partial charge in [0.15, 0.2) is 9.84 Å². The SMILES string of the molecule is Cc1ccnn1C1CCCS(=O)(=O)C1. The van der Waals surface area contributed by atoms with E-state index in [0.717, 1.165) is 18.5 Å². The van der Waals surface area contributed by atoms with E-state index in [2.05, 4.69) is 5.10 Å². The fourth-order valence-corrected chi connectivity index (χ4v) is 3.62. The highest BCUT2D eigenvalue weighted by Gasteiger charge is 2.26. The van der Waals surface area contributed by atoms with Crippen LogP contribution in [-0.2, 0) is 9.84 Å². The monoisotopic (exact) mass is 214 g/mol. The first-order valence-corrected chi connectivity index (χ1v) is 6.61. The van der Waals surface area contributed by atoms with Gasteiger partial charge in [0, 0.05) is 11.9 Å². The summed E-state index contributed by atoms with van der Waals surface area (Å²) in [5.74, 6) is 0.583. The van der Waals surface area contributed by atoms with Crippen molar-refractivity contribution in [3.8, 4) is 0 Å². The lowest BCUT2D eigenvalue weighted by Gasteiger charge is -2.23. The smallest absolute Gasteiger partial charge is 0.152 e. The van der Waals surface area contributed by atoms with Crippen molar-refractivity contribution < 1.29 is 8.42 Å². The molecule has 1 fully saturated rings. The Bertz CT molecular complexity index is 422. The summed E-state index contributed by atoms with van der Waals surface area (Å²) in [5.41, 5.74) is 1.03. The van der Waals surface area contributed by atoms with Crippen molar-refractivity contribution in [1.82, 2.24) is 9.78 Å². The van der Waals surface area contributed by atoms with E-state index in [9.17, 15) is 8.42 Å². The van der Waals surface area contributed by atoms with Gasteiger partial charge in [-0.25, -0.2) is 8.42 Å². The van der Waals surface area contributed by atoms with Crippen LogP contribution < -0.4 is 0 Å². The van der Waals surface area contributed by atoms with E-state index in [1.54, 1.807) is 6.20 Å². The fraction of sp³-hybridized carbons (Fsp3) is 0.667. The van der Waals surface area contributed by atoms with E-state index in [0.29, 0.717) is 5.75 Å². The predicted octanol–water partition coefficient (Wildman–Crippen LogP) is 0.941. The number of aryl methyl sites for hydroxylation is 1. The van der Waals surface area contributed by atoms with Crippen molar-refractivity contribution in [3.63, 3.8) is 0 Å². The van der Waals surface area contributed by atoms with Crippen LogP contribution in [-0.4, -0.2) is 29.7 Å². The summed E-state index contributed by atoms with van der Waals surface area (Å²) >= 11 is 0. The normalized spacial score (nSPS) is 26.2. The second-order valence-corrected chi connectivity index (χ2v) is 6.06. The average molecular weight is 214 g/mol. The second-order valence-electron chi connectivity index (χ2n) is 3.83. The zero-order valence-corrected chi connectivity index (χ0v) is 9.00. The number of aromatic nitrogens is 2. The van der Waals surface area contributed by atoms with Crippen LogP contribution in [0.1, 0.15) is 24.6 Å². The van der Waals surface area contributed by atoms with Crippen LogP contribution in [0, 0.1) is 6.92 Å². The Morgan fingerprint density at radius 3 is 2.93 bits per heavy atom. The quantitative estimate of drug-likeness (QED) is 0.699. The first-order chi connectivity index (χ1) is 6.58. The average Bonchev–Trinajstić information content (AvgIpc) is 2.49. The molecule has 1 atom stereocenters. The van der Waals surface area contributed by atoms with Crippen molar-refractivity contribution in [2.45, 2.75) is 25.8 Å². The molecule has 0 amide bonds. The van der Waals surface area contributed by atoms with Crippen LogP contribution in [0.15, 0.2) is 12.3 Å². The van der Waals surface area contributed by atoms with Gasteiger partial charge in [0.2, 0.25) is 0 Å². The fourth-order valence-electron chi connectivity index (χ4n) is 1.95. The first-order valence-electron chi connectivity index (χ1n) is 4.79. The van der Waals surface area contributed by atoms with Crippen LogP contribution in [0.5, 0.6) is 0 Å². The molecule has 5 heteroatoms. The summed E-state index contributed by atoms with van der Waals surface area (Å²) in [5, 5.41) is 4.16. The number of hydrogen-bond donors (Lipinski definition) is 0. The van der Waals surface area contributed by atoms with Gasteiger partial charge in [0.25, 0.3) is 0 Å². The Balaban J connectivity index is 2.24. The molecule has 1 saturated heterocycles. The van der Waals surface area contributed by atoms with Gasteiger partial charge in [0.1, 0.15) is 0 Å². The molecule has 14 heavy (non-hydrogen) atoms. The zero-order chi connectivity index (χ0) is 10.2. The molecule has 4 nitrogen and oxygen atoms in total. The van der Waals surface area contributed by atoms with Gasteiger partial charge in [-0.15, -0.1) is 0 Å². The lowest BCUT2D eigenvalue weighted by Crippen LogP contribution is -2.28. The minimum Gasteiger partial charge on any atom is -0.266 e. The maximum Gasteiger partial charge on any atom is 0.152 e. The highest BCUT2D eigenvalue weighted by Crippen LogP contribution is 2.23. The Morgan fingerprint density at radius 2 is 2.36 bits per heavy atom. The van der Waals surface area contributed by atoms with E-state index in [1.807, 2.05) is 17.7 Å². The second kappa shape index (κ2) is 3.38. The number of sulfone groups is 1. The molecular weight excluding hydrogens is 200 g/mol. The van der Waals surface area contributed by atoms with Crippen molar-refractivity contribution in [3.05, 3.63) is 18.0 Å². The molecule has 0 bridgehead atoms. The Kier molecular flexibility index (Phi) is 2.34. The van der Waals surface area contributed by atoms with E-state index >= 15 is 0 Å². The van der Waals surface area contributed by atoms with Gasteiger partial charge in [-0.3, -0.25) is 4.68 Å². The molecule has 0 saturated carbocycles. The van der Waals surface area contributed by atoms with Crippen LogP contribution >= 0.6 is 0 Å². The van der Waals surface area contributed by atoms with Crippen LogP contribution in [0.4, 0.5) is 0 Å². The predicted molar refractivity (Wildman–Crippen MR) is 53.9 cm³/mol. The third kappa shape index (κ3) is 1.82. The molecule has 1 aromatic rings. The molecule has 1 aromatic heterocycles. The van der Waals surface area contributed by atoms with Gasteiger partial charge in [0.05, 0.1) is 17.5 Å². The van der Waals surface area contributed by atoms with Crippen LogP contribution in [0.3, 0.4) is 0 Å². The van der Waals surface area contributed by atoms with Crippen molar-refractivity contribution in [1.29, 1.82) is 0 Å².